The quantitative estimate of drug-likeness (QED) is 0.619. The van der Waals surface area contributed by atoms with Crippen LogP contribution in [0.3, 0.4) is 0 Å². The highest BCUT2D eigenvalue weighted by Gasteiger charge is 2.52. The summed E-state index contributed by atoms with van der Waals surface area (Å²) >= 11 is 0. The first-order chi connectivity index (χ1) is 8.68. The monoisotopic (exact) mass is 249 g/mol. The first kappa shape index (κ1) is 11.4. The van der Waals surface area contributed by atoms with E-state index in [1.54, 1.807) is 18.2 Å². The van der Waals surface area contributed by atoms with Crippen LogP contribution in [0.5, 0.6) is 0 Å². The molecule has 3 rings (SSSR count). The van der Waals surface area contributed by atoms with E-state index in [-0.39, 0.29) is 28.8 Å². The van der Waals surface area contributed by atoms with Gasteiger partial charge in [0.2, 0.25) is 0 Å². The molecule has 1 aromatic rings. The molecule has 3 N–H and O–H groups in total. The van der Waals surface area contributed by atoms with E-state index < -0.39 is 0 Å². The van der Waals surface area contributed by atoms with E-state index in [0.29, 0.717) is 11.6 Å². The van der Waals surface area contributed by atoms with Crippen LogP contribution < -0.4 is 11.1 Å². The smallest absolute Gasteiger partial charge is 0.292 e. The highest BCUT2D eigenvalue weighted by atomic mass is 16.6. The van der Waals surface area contributed by atoms with Crippen LogP contribution in [0.15, 0.2) is 24.3 Å². The molecule has 1 saturated carbocycles. The maximum absolute atomic E-state index is 10.9. The van der Waals surface area contributed by atoms with Gasteiger partial charge in [0.25, 0.3) is 5.69 Å². The van der Waals surface area contributed by atoms with E-state index in [0.717, 1.165) is 13.0 Å². The number of nitrogens with two attached hydrogens (primary N) is 1. The number of hydrogen-bond donors (Lipinski definition) is 2. The largest absolute Gasteiger partial charge is 0.376 e. The summed E-state index contributed by atoms with van der Waals surface area (Å²) in [6.07, 6.45) is 1.08. The molecule has 1 aliphatic heterocycles. The number of ether oxygens (including phenoxy) is 1. The summed E-state index contributed by atoms with van der Waals surface area (Å²) in [5.41, 5.74) is 6.66. The second-order valence-corrected chi connectivity index (χ2v) is 4.81. The Morgan fingerprint density at radius 1 is 1.44 bits per heavy atom. The van der Waals surface area contributed by atoms with E-state index >= 15 is 0 Å². The van der Waals surface area contributed by atoms with Crippen molar-refractivity contribution >= 4 is 11.4 Å². The number of rotatable bonds is 3. The Morgan fingerprint density at radius 2 is 2.22 bits per heavy atom. The minimum Gasteiger partial charge on any atom is -0.376 e. The average Bonchev–Trinajstić information content (AvgIpc) is 2.81. The fraction of sp³-hybridized carbons (Fsp3) is 0.500. The van der Waals surface area contributed by atoms with Crippen molar-refractivity contribution in [1.82, 2.24) is 0 Å². The summed E-state index contributed by atoms with van der Waals surface area (Å²) in [6, 6.07) is 6.59. The number of nitrogens with zero attached hydrogens (tertiary/aromatic N) is 1. The lowest BCUT2D eigenvalue weighted by Crippen LogP contribution is -2.65. The van der Waals surface area contributed by atoms with Crippen LogP contribution in [-0.4, -0.2) is 29.7 Å². The highest BCUT2D eigenvalue weighted by molar-refractivity contribution is 5.62. The minimum absolute atomic E-state index is 0.0114. The fourth-order valence-electron chi connectivity index (χ4n) is 2.86. The Balaban J connectivity index is 1.79. The van der Waals surface area contributed by atoms with E-state index in [1.165, 1.54) is 6.07 Å². The number of nitro benzene ring substituents is 1. The number of fused-ring (bicyclic) bond motifs is 1. The van der Waals surface area contributed by atoms with Crippen molar-refractivity contribution in [1.29, 1.82) is 0 Å². The van der Waals surface area contributed by atoms with Crippen molar-refractivity contribution < 1.29 is 9.66 Å². The molecule has 6 nitrogen and oxygen atoms in total. The summed E-state index contributed by atoms with van der Waals surface area (Å²) in [5.74, 6) is 0.394. The summed E-state index contributed by atoms with van der Waals surface area (Å²) in [5, 5.41) is 14.1. The van der Waals surface area contributed by atoms with E-state index in [9.17, 15) is 10.1 Å². The molecule has 1 aliphatic carbocycles. The molecule has 4 unspecified atom stereocenters. The molecule has 0 radical (unpaired) electrons. The zero-order chi connectivity index (χ0) is 12.7. The molecule has 0 bridgehead atoms. The fourth-order valence-corrected chi connectivity index (χ4v) is 2.86. The van der Waals surface area contributed by atoms with E-state index in [1.807, 2.05) is 0 Å². The Morgan fingerprint density at radius 3 is 3.00 bits per heavy atom. The van der Waals surface area contributed by atoms with Crippen LogP contribution in [0.4, 0.5) is 11.4 Å². The predicted octanol–water partition coefficient (Wildman–Crippen LogP) is 1.12. The van der Waals surface area contributed by atoms with Crippen molar-refractivity contribution in [3.05, 3.63) is 34.4 Å². The van der Waals surface area contributed by atoms with Crippen LogP contribution in [0, 0.1) is 16.0 Å². The Labute approximate surface area is 104 Å². The van der Waals surface area contributed by atoms with Gasteiger partial charge >= 0.3 is 0 Å². The number of para-hydroxylation sites is 2. The van der Waals surface area contributed by atoms with Gasteiger partial charge in [-0.05, 0) is 12.5 Å². The Bertz CT molecular complexity index is 479. The van der Waals surface area contributed by atoms with Gasteiger partial charge in [-0.15, -0.1) is 0 Å². The summed E-state index contributed by atoms with van der Waals surface area (Å²) in [4.78, 5) is 10.5. The molecule has 18 heavy (non-hydrogen) atoms. The second-order valence-electron chi connectivity index (χ2n) is 4.81. The third-order valence-electron chi connectivity index (χ3n) is 3.87. The van der Waals surface area contributed by atoms with Crippen molar-refractivity contribution in [2.45, 2.75) is 24.6 Å². The van der Waals surface area contributed by atoms with Gasteiger partial charge in [0.15, 0.2) is 0 Å². The summed E-state index contributed by atoms with van der Waals surface area (Å²) in [7, 11) is 0. The van der Waals surface area contributed by atoms with Crippen LogP contribution >= 0.6 is 0 Å². The van der Waals surface area contributed by atoms with Crippen LogP contribution in [0.25, 0.3) is 0 Å². The number of hydrogen-bond acceptors (Lipinski definition) is 5. The van der Waals surface area contributed by atoms with E-state index in [4.69, 9.17) is 10.5 Å². The SMILES string of the molecule is NC1C2CCOC2C1Nc1ccccc1[N+](=O)[O-]. The lowest BCUT2D eigenvalue weighted by Gasteiger charge is -2.46. The van der Waals surface area contributed by atoms with Crippen molar-refractivity contribution in [2.24, 2.45) is 11.7 Å². The molecule has 0 aromatic heterocycles. The summed E-state index contributed by atoms with van der Waals surface area (Å²) in [6.45, 7) is 0.734. The van der Waals surface area contributed by atoms with Gasteiger partial charge < -0.3 is 15.8 Å². The molecule has 4 atom stereocenters. The van der Waals surface area contributed by atoms with Gasteiger partial charge in [-0.3, -0.25) is 10.1 Å². The Hall–Kier alpha value is -1.66. The van der Waals surface area contributed by atoms with Gasteiger partial charge in [0.1, 0.15) is 5.69 Å². The third-order valence-corrected chi connectivity index (χ3v) is 3.87. The predicted molar refractivity (Wildman–Crippen MR) is 66.3 cm³/mol. The maximum Gasteiger partial charge on any atom is 0.292 e. The lowest BCUT2D eigenvalue weighted by molar-refractivity contribution is -0.384. The van der Waals surface area contributed by atoms with Crippen LogP contribution in [0.2, 0.25) is 0 Å². The first-order valence-corrected chi connectivity index (χ1v) is 6.05. The average molecular weight is 249 g/mol. The molecule has 2 fully saturated rings. The molecular weight excluding hydrogens is 234 g/mol. The molecule has 0 spiro atoms. The molecule has 2 aliphatic rings. The number of anilines is 1. The maximum atomic E-state index is 10.9. The second kappa shape index (κ2) is 4.22. The molecule has 1 heterocycles. The van der Waals surface area contributed by atoms with Crippen molar-refractivity contribution in [3.8, 4) is 0 Å². The van der Waals surface area contributed by atoms with Crippen molar-refractivity contribution in [3.63, 3.8) is 0 Å². The van der Waals surface area contributed by atoms with Crippen LogP contribution in [-0.2, 0) is 4.74 Å². The van der Waals surface area contributed by atoms with Gasteiger partial charge in [-0.1, -0.05) is 12.1 Å². The van der Waals surface area contributed by atoms with E-state index in [2.05, 4.69) is 5.32 Å². The molecule has 0 amide bonds. The summed E-state index contributed by atoms with van der Waals surface area (Å²) < 4.78 is 5.60. The number of nitro groups is 1. The third kappa shape index (κ3) is 1.65. The molecular formula is C12H15N3O3. The molecule has 6 heteroatoms. The molecule has 1 saturated heterocycles. The molecule has 96 valence electrons. The topological polar surface area (TPSA) is 90.4 Å². The lowest BCUT2D eigenvalue weighted by atomic mass is 9.72. The Kier molecular flexibility index (Phi) is 2.68. The minimum atomic E-state index is -0.389. The van der Waals surface area contributed by atoms with Crippen molar-refractivity contribution in [2.75, 3.05) is 11.9 Å². The first-order valence-electron chi connectivity index (χ1n) is 6.05. The van der Waals surface area contributed by atoms with Gasteiger partial charge in [0.05, 0.1) is 17.1 Å². The number of nitrogens with one attached hydrogen (secondary N) is 1. The molecule has 1 aromatic carbocycles. The standard InChI is InChI=1S/C12H15N3O3/c13-10-7-5-6-18-12(7)11(10)14-8-3-1-2-4-9(8)15(16)17/h1-4,7,10-12,14H,5-6,13H2. The number of benzene rings is 1. The normalized spacial score (nSPS) is 33.6. The highest BCUT2D eigenvalue weighted by Crippen LogP contribution is 2.40. The zero-order valence-electron chi connectivity index (χ0n) is 9.78. The van der Waals surface area contributed by atoms with Gasteiger partial charge in [0, 0.05) is 24.6 Å². The van der Waals surface area contributed by atoms with Gasteiger partial charge in [-0.25, -0.2) is 0 Å². The van der Waals surface area contributed by atoms with Crippen LogP contribution in [0.1, 0.15) is 6.42 Å². The zero-order valence-corrected chi connectivity index (χ0v) is 9.78. The van der Waals surface area contributed by atoms with Gasteiger partial charge in [-0.2, -0.15) is 0 Å².